The number of aliphatic hydroxyl groups is 1. The molecule has 0 amide bonds. The van der Waals surface area contributed by atoms with Crippen LogP contribution in [0.2, 0.25) is 0 Å². The Labute approximate surface area is 93.9 Å². The fourth-order valence-corrected chi connectivity index (χ4v) is 2.14. The number of nitrogens with one attached hydrogen (secondary N) is 1. The zero-order valence-corrected chi connectivity index (χ0v) is 10.4. The summed E-state index contributed by atoms with van der Waals surface area (Å²) in [7, 11) is 0. The lowest BCUT2D eigenvalue weighted by Crippen LogP contribution is -2.40. The van der Waals surface area contributed by atoms with Crippen LogP contribution in [0.3, 0.4) is 0 Å². The fraction of sp³-hybridized carbons (Fsp3) is 1.00. The van der Waals surface area contributed by atoms with Gasteiger partial charge in [-0.3, -0.25) is 4.90 Å². The van der Waals surface area contributed by atoms with Crippen LogP contribution >= 0.6 is 0 Å². The summed E-state index contributed by atoms with van der Waals surface area (Å²) in [6.45, 7) is 10.3. The highest BCUT2D eigenvalue weighted by atomic mass is 16.3. The maximum absolute atomic E-state index is 9.84. The highest BCUT2D eigenvalue weighted by molar-refractivity contribution is 4.78. The van der Waals surface area contributed by atoms with Gasteiger partial charge in [0.05, 0.1) is 6.10 Å². The monoisotopic (exact) mass is 214 g/mol. The molecule has 1 fully saturated rings. The van der Waals surface area contributed by atoms with E-state index < -0.39 is 0 Å². The summed E-state index contributed by atoms with van der Waals surface area (Å²) in [6, 6.07) is 0.657. The van der Waals surface area contributed by atoms with Crippen LogP contribution < -0.4 is 5.32 Å². The summed E-state index contributed by atoms with van der Waals surface area (Å²) >= 11 is 0. The van der Waals surface area contributed by atoms with Gasteiger partial charge < -0.3 is 10.4 Å². The average molecular weight is 214 g/mol. The zero-order chi connectivity index (χ0) is 11.3. The molecular formula is C12H26N2O. The van der Waals surface area contributed by atoms with Gasteiger partial charge in [0.15, 0.2) is 0 Å². The van der Waals surface area contributed by atoms with Crippen LogP contribution in [0.15, 0.2) is 0 Å². The summed E-state index contributed by atoms with van der Waals surface area (Å²) in [4.78, 5) is 2.39. The van der Waals surface area contributed by atoms with Crippen molar-refractivity contribution in [2.24, 2.45) is 5.92 Å². The van der Waals surface area contributed by atoms with Crippen molar-refractivity contribution in [2.45, 2.75) is 45.8 Å². The van der Waals surface area contributed by atoms with Gasteiger partial charge in [0.2, 0.25) is 0 Å². The number of aliphatic hydroxyl groups excluding tert-OH is 1. The van der Waals surface area contributed by atoms with Gasteiger partial charge in [-0.25, -0.2) is 0 Å². The molecule has 0 radical (unpaired) electrons. The lowest BCUT2D eigenvalue weighted by Gasteiger charge is -2.24. The molecule has 0 aromatic carbocycles. The van der Waals surface area contributed by atoms with Crippen molar-refractivity contribution in [3.8, 4) is 0 Å². The van der Waals surface area contributed by atoms with Crippen LogP contribution in [0.5, 0.6) is 0 Å². The summed E-state index contributed by atoms with van der Waals surface area (Å²) < 4.78 is 0. The van der Waals surface area contributed by atoms with Gasteiger partial charge in [0.25, 0.3) is 0 Å². The molecule has 15 heavy (non-hydrogen) atoms. The number of likely N-dealkylation sites (tertiary alicyclic amines) is 1. The Kier molecular flexibility index (Phi) is 5.58. The second-order valence-electron chi connectivity index (χ2n) is 5.19. The van der Waals surface area contributed by atoms with E-state index in [1.165, 1.54) is 12.8 Å². The Morgan fingerprint density at radius 2 is 2.13 bits per heavy atom. The van der Waals surface area contributed by atoms with E-state index in [2.05, 4.69) is 31.0 Å². The van der Waals surface area contributed by atoms with Gasteiger partial charge in [-0.1, -0.05) is 13.8 Å². The molecule has 2 N–H and O–H groups in total. The first kappa shape index (κ1) is 12.9. The van der Waals surface area contributed by atoms with E-state index >= 15 is 0 Å². The molecule has 3 nitrogen and oxygen atoms in total. The quantitative estimate of drug-likeness (QED) is 0.694. The van der Waals surface area contributed by atoms with Crippen LogP contribution in [0.4, 0.5) is 0 Å². The molecule has 2 atom stereocenters. The molecule has 2 unspecified atom stereocenters. The van der Waals surface area contributed by atoms with E-state index in [4.69, 9.17) is 0 Å². The third-order valence-electron chi connectivity index (χ3n) is 3.07. The van der Waals surface area contributed by atoms with E-state index in [0.29, 0.717) is 12.0 Å². The van der Waals surface area contributed by atoms with Crippen LogP contribution in [-0.2, 0) is 0 Å². The number of rotatable bonds is 6. The van der Waals surface area contributed by atoms with Crippen molar-refractivity contribution in [3.05, 3.63) is 0 Å². The van der Waals surface area contributed by atoms with Gasteiger partial charge in [-0.15, -0.1) is 0 Å². The standard InChI is InChI=1S/C12H26N2O/c1-10(2)7-13-8-12(15)9-14-6-4-5-11(14)3/h10-13,15H,4-9H2,1-3H3. The molecule has 0 bridgehead atoms. The van der Waals surface area contributed by atoms with Crippen molar-refractivity contribution in [3.63, 3.8) is 0 Å². The summed E-state index contributed by atoms with van der Waals surface area (Å²) in [5, 5.41) is 13.1. The Morgan fingerprint density at radius 1 is 1.40 bits per heavy atom. The molecule has 0 aromatic heterocycles. The van der Waals surface area contributed by atoms with E-state index in [-0.39, 0.29) is 6.10 Å². The van der Waals surface area contributed by atoms with Gasteiger partial charge in [-0.05, 0) is 38.8 Å². The molecule has 3 heteroatoms. The normalized spacial score (nSPS) is 25.0. The number of nitrogens with zero attached hydrogens (tertiary/aromatic N) is 1. The lowest BCUT2D eigenvalue weighted by molar-refractivity contribution is 0.108. The molecule has 1 aliphatic heterocycles. The van der Waals surface area contributed by atoms with Gasteiger partial charge in [0.1, 0.15) is 0 Å². The molecule has 0 spiro atoms. The first-order valence-corrected chi connectivity index (χ1v) is 6.22. The third kappa shape index (κ3) is 4.96. The molecule has 1 saturated heterocycles. The molecule has 0 saturated carbocycles. The maximum atomic E-state index is 9.84. The van der Waals surface area contributed by atoms with Crippen LogP contribution in [-0.4, -0.2) is 48.3 Å². The Bertz CT molecular complexity index is 173. The van der Waals surface area contributed by atoms with Crippen LogP contribution in [0, 0.1) is 5.92 Å². The SMILES string of the molecule is CC(C)CNCC(O)CN1CCCC1C. The second kappa shape index (κ2) is 6.46. The van der Waals surface area contributed by atoms with Crippen LogP contribution in [0.25, 0.3) is 0 Å². The molecule has 90 valence electrons. The lowest BCUT2D eigenvalue weighted by atomic mass is 10.2. The van der Waals surface area contributed by atoms with E-state index in [9.17, 15) is 5.11 Å². The minimum Gasteiger partial charge on any atom is -0.390 e. The van der Waals surface area contributed by atoms with E-state index in [0.717, 1.165) is 26.2 Å². The van der Waals surface area contributed by atoms with Crippen LogP contribution in [0.1, 0.15) is 33.6 Å². The smallest absolute Gasteiger partial charge is 0.0791 e. The molecule has 0 aliphatic carbocycles. The maximum Gasteiger partial charge on any atom is 0.0791 e. The predicted octanol–water partition coefficient (Wildman–Crippen LogP) is 1.08. The van der Waals surface area contributed by atoms with E-state index in [1.54, 1.807) is 0 Å². The Balaban J connectivity index is 2.09. The fourth-order valence-electron chi connectivity index (χ4n) is 2.14. The van der Waals surface area contributed by atoms with Gasteiger partial charge in [-0.2, -0.15) is 0 Å². The Morgan fingerprint density at radius 3 is 2.67 bits per heavy atom. The first-order valence-electron chi connectivity index (χ1n) is 6.22. The predicted molar refractivity (Wildman–Crippen MR) is 64.0 cm³/mol. The number of hydrogen-bond donors (Lipinski definition) is 2. The largest absolute Gasteiger partial charge is 0.390 e. The number of hydrogen-bond acceptors (Lipinski definition) is 3. The number of β-amino-alcohol motifs (C(OH)–C–C–N with tert-alkyl or cyclic N) is 1. The van der Waals surface area contributed by atoms with Crippen molar-refractivity contribution in [1.29, 1.82) is 0 Å². The second-order valence-corrected chi connectivity index (χ2v) is 5.19. The van der Waals surface area contributed by atoms with Crippen molar-refractivity contribution < 1.29 is 5.11 Å². The molecular weight excluding hydrogens is 188 g/mol. The Hall–Kier alpha value is -0.120. The van der Waals surface area contributed by atoms with Gasteiger partial charge in [0, 0.05) is 19.1 Å². The van der Waals surface area contributed by atoms with Crippen molar-refractivity contribution in [1.82, 2.24) is 10.2 Å². The highest BCUT2D eigenvalue weighted by Crippen LogP contribution is 2.16. The zero-order valence-electron chi connectivity index (χ0n) is 10.4. The average Bonchev–Trinajstić information content (AvgIpc) is 2.51. The molecule has 1 rings (SSSR count). The van der Waals surface area contributed by atoms with Crippen molar-refractivity contribution >= 4 is 0 Å². The summed E-state index contributed by atoms with van der Waals surface area (Å²) in [5.74, 6) is 0.655. The summed E-state index contributed by atoms with van der Waals surface area (Å²) in [6.07, 6.45) is 2.35. The van der Waals surface area contributed by atoms with Gasteiger partial charge >= 0.3 is 0 Å². The minimum absolute atomic E-state index is 0.218. The highest BCUT2D eigenvalue weighted by Gasteiger charge is 2.22. The first-order chi connectivity index (χ1) is 7.09. The van der Waals surface area contributed by atoms with E-state index in [1.807, 2.05) is 0 Å². The van der Waals surface area contributed by atoms with Crippen molar-refractivity contribution in [2.75, 3.05) is 26.2 Å². The molecule has 0 aromatic rings. The third-order valence-corrected chi connectivity index (χ3v) is 3.07. The molecule has 1 heterocycles. The minimum atomic E-state index is -0.218. The topological polar surface area (TPSA) is 35.5 Å². The molecule has 1 aliphatic rings. The summed E-state index contributed by atoms with van der Waals surface area (Å²) in [5.41, 5.74) is 0.